The molecule has 0 aliphatic carbocycles. The van der Waals surface area contributed by atoms with Crippen LogP contribution in [0.5, 0.6) is 0 Å². The zero-order valence-electron chi connectivity index (χ0n) is 17.3. The number of aromatic carboxylic acids is 1. The minimum absolute atomic E-state index is 0.00120. The molecule has 4 rings (SSSR count). The van der Waals surface area contributed by atoms with E-state index < -0.39 is 5.97 Å². The van der Waals surface area contributed by atoms with Crippen molar-refractivity contribution in [2.24, 2.45) is 5.16 Å². The summed E-state index contributed by atoms with van der Waals surface area (Å²) < 4.78 is 0. The van der Waals surface area contributed by atoms with E-state index in [9.17, 15) is 10.0 Å². The lowest BCUT2D eigenvalue weighted by atomic mass is 9.85. The third kappa shape index (κ3) is 4.73. The molecule has 0 saturated heterocycles. The summed E-state index contributed by atoms with van der Waals surface area (Å²) in [5.41, 5.74) is 5.86. The highest BCUT2D eigenvalue weighted by Gasteiger charge is 2.19. The highest BCUT2D eigenvalue weighted by Crippen LogP contribution is 2.31. The van der Waals surface area contributed by atoms with E-state index in [4.69, 9.17) is 5.11 Å². The molecule has 1 aromatic heterocycles. The van der Waals surface area contributed by atoms with Gasteiger partial charge >= 0.3 is 5.97 Å². The Morgan fingerprint density at radius 2 is 1.31 bits per heavy atom. The zero-order valence-corrected chi connectivity index (χ0v) is 17.3. The summed E-state index contributed by atoms with van der Waals surface area (Å²) in [7, 11) is 0. The fraction of sp³-hybridized carbons (Fsp3) is 0.0741. The largest absolute Gasteiger partial charge is 0.478 e. The van der Waals surface area contributed by atoms with Crippen molar-refractivity contribution < 1.29 is 15.1 Å². The van der Waals surface area contributed by atoms with Crippen molar-refractivity contribution in [2.45, 2.75) is 12.3 Å². The Kier molecular flexibility index (Phi) is 6.37. The van der Waals surface area contributed by atoms with Crippen molar-refractivity contribution in [3.05, 3.63) is 126 Å². The van der Waals surface area contributed by atoms with Gasteiger partial charge in [0.25, 0.3) is 0 Å². The van der Waals surface area contributed by atoms with E-state index >= 15 is 0 Å². The minimum Gasteiger partial charge on any atom is -0.478 e. The molecule has 0 bridgehead atoms. The molecule has 3 aromatic carbocycles. The van der Waals surface area contributed by atoms with Gasteiger partial charge in [-0.1, -0.05) is 71.9 Å². The molecule has 0 aliphatic rings. The van der Waals surface area contributed by atoms with Crippen molar-refractivity contribution >= 4 is 11.7 Å². The number of hydrogen-bond acceptors (Lipinski definition) is 4. The lowest BCUT2D eigenvalue weighted by Crippen LogP contribution is -2.10. The second-order valence-electron chi connectivity index (χ2n) is 7.45. The van der Waals surface area contributed by atoms with Crippen LogP contribution < -0.4 is 0 Å². The van der Waals surface area contributed by atoms with E-state index in [1.165, 1.54) is 0 Å². The van der Waals surface area contributed by atoms with Gasteiger partial charge in [0.2, 0.25) is 0 Å². The number of benzene rings is 3. The van der Waals surface area contributed by atoms with Crippen LogP contribution in [-0.4, -0.2) is 27.0 Å². The van der Waals surface area contributed by atoms with E-state index in [0.717, 1.165) is 27.8 Å². The molecular weight excluding hydrogens is 400 g/mol. The Morgan fingerprint density at radius 3 is 1.88 bits per heavy atom. The van der Waals surface area contributed by atoms with Crippen LogP contribution in [0.3, 0.4) is 0 Å². The summed E-state index contributed by atoms with van der Waals surface area (Å²) in [4.78, 5) is 15.1. The molecular formula is C27H22N2O3. The molecule has 32 heavy (non-hydrogen) atoms. The Hall–Kier alpha value is -4.25. The maximum atomic E-state index is 11.1. The molecule has 1 heterocycles. The fourth-order valence-electron chi connectivity index (χ4n) is 3.78. The molecule has 0 spiro atoms. The summed E-state index contributed by atoms with van der Waals surface area (Å²) >= 11 is 0. The molecule has 2 N–H and O–H groups in total. The maximum absolute atomic E-state index is 11.1. The van der Waals surface area contributed by atoms with Gasteiger partial charge < -0.3 is 10.3 Å². The molecule has 0 saturated carbocycles. The first-order valence-electron chi connectivity index (χ1n) is 10.3. The van der Waals surface area contributed by atoms with Crippen molar-refractivity contribution in [1.29, 1.82) is 0 Å². The first kappa shape index (κ1) is 21.0. The number of aromatic nitrogens is 1. The number of rotatable bonds is 7. The van der Waals surface area contributed by atoms with E-state index in [1.807, 2.05) is 54.6 Å². The molecule has 4 aromatic rings. The highest BCUT2D eigenvalue weighted by molar-refractivity contribution is 6.00. The second kappa shape index (κ2) is 9.71. The van der Waals surface area contributed by atoms with Gasteiger partial charge in [-0.15, -0.1) is 0 Å². The van der Waals surface area contributed by atoms with Crippen LogP contribution in [0, 0.1) is 0 Å². The van der Waals surface area contributed by atoms with Crippen LogP contribution >= 0.6 is 0 Å². The molecule has 5 heteroatoms. The summed E-state index contributed by atoms with van der Waals surface area (Å²) in [6, 6.07) is 28.8. The minimum atomic E-state index is -0.937. The number of carboxylic acids is 1. The Morgan fingerprint density at radius 1 is 0.750 bits per heavy atom. The van der Waals surface area contributed by atoms with E-state index in [1.54, 1.807) is 24.5 Å². The van der Waals surface area contributed by atoms with Gasteiger partial charge in [-0.25, -0.2) is 4.79 Å². The van der Waals surface area contributed by atoms with Crippen LogP contribution in [0.1, 0.15) is 39.4 Å². The molecule has 0 amide bonds. The van der Waals surface area contributed by atoms with Crippen molar-refractivity contribution in [3.63, 3.8) is 0 Å². The number of carbonyl (C=O) groups is 1. The molecule has 5 nitrogen and oxygen atoms in total. The monoisotopic (exact) mass is 422 g/mol. The quantitative estimate of drug-likeness (QED) is 0.222. The molecule has 0 fully saturated rings. The van der Waals surface area contributed by atoms with Gasteiger partial charge in [0.1, 0.15) is 0 Å². The third-order valence-electron chi connectivity index (χ3n) is 5.51. The van der Waals surface area contributed by atoms with Crippen molar-refractivity contribution in [3.8, 4) is 11.1 Å². The number of pyridine rings is 1. The average molecular weight is 422 g/mol. The summed E-state index contributed by atoms with van der Waals surface area (Å²) in [6.45, 7) is 0. The standard InChI is InChI=1S/C27H22N2O3/c30-27(31)24-12-8-20(9-13-24)19-6-10-22(11-7-19)25(21-4-2-1-3-5-21)18-26(29-32)23-14-16-28-17-15-23/h1-17,25,32H,18H2,(H,30,31)/b29-26+. The number of oxime groups is 1. The summed E-state index contributed by atoms with van der Waals surface area (Å²) in [5, 5.41) is 22.4. The molecule has 1 unspecified atom stereocenters. The topological polar surface area (TPSA) is 82.8 Å². The normalized spacial score (nSPS) is 12.3. The molecule has 0 aliphatic heterocycles. The number of hydrogen-bond donors (Lipinski definition) is 2. The first-order chi connectivity index (χ1) is 15.7. The van der Waals surface area contributed by atoms with E-state index in [2.05, 4.69) is 34.4 Å². The van der Waals surface area contributed by atoms with Crippen molar-refractivity contribution in [1.82, 2.24) is 4.98 Å². The van der Waals surface area contributed by atoms with Crippen LogP contribution in [0.2, 0.25) is 0 Å². The van der Waals surface area contributed by atoms with Gasteiger partial charge in [-0.2, -0.15) is 0 Å². The zero-order chi connectivity index (χ0) is 22.3. The predicted octanol–water partition coefficient (Wildman–Crippen LogP) is 5.85. The number of nitrogens with zero attached hydrogens (tertiary/aromatic N) is 2. The van der Waals surface area contributed by atoms with Crippen molar-refractivity contribution in [2.75, 3.05) is 0 Å². The SMILES string of the molecule is O=C(O)c1ccc(-c2ccc(C(C/C(=N\O)c3ccncc3)c3ccccc3)cc2)cc1. The Bertz CT molecular complexity index is 1200. The van der Waals surface area contributed by atoms with Gasteiger partial charge in [-0.3, -0.25) is 4.98 Å². The molecule has 0 radical (unpaired) electrons. The maximum Gasteiger partial charge on any atom is 0.335 e. The summed E-state index contributed by atoms with van der Waals surface area (Å²) in [5.74, 6) is -0.938. The third-order valence-corrected chi connectivity index (χ3v) is 5.51. The lowest BCUT2D eigenvalue weighted by Gasteiger charge is -2.19. The van der Waals surface area contributed by atoms with Gasteiger partial charge in [0.05, 0.1) is 11.3 Å². The average Bonchev–Trinajstić information content (AvgIpc) is 2.86. The van der Waals surface area contributed by atoms with Gasteiger partial charge in [0.15, 0.2) is 0 Å². The molecule has 158 valence electrons. The molecule has 1 atom stereocenters. The number of carboxylic acid groups (broad SMARTS) is 1. The summed E-state index contributed by atoms with van der Waals surface area (Å²) in [6.07, 6.45) is 3.89. The van der Waals surface area contributed by atoms with Crippen LogP contribution in [0.25, 0.3) is 11.1 Å². The van der Waals surface area contributed by atoms with Crippen LogP contribution in [-0.2, 0) is 0 Å². The van der Waals surface area contributed by atoms with E-state index in [0.29, 0.717) is 12.1 Å². The van der Waals surface area contributed by atoms with Crippen LogP contribution in [0.4, 0.5) is 0 Å². The van der Waals surface area contributed by atoms with E-state index in [-0.39, 0.29) is 11.5 Å². The first-order valence-corrected chi connectivity index (χ1v) is 10.3. The highest BCUT2D eigenvalue weighted by atomic mass is 16.4. The van der Waals surface area contributed by atoms with Gasteiger partial charge in [0, 0.05) is 30.3 Å². The van der Waals surface area contributed by atoms with Crippen LogP contribution in [0.15, 0.2) is 109 Å². The predicted molar refractivity (Wildman–Crippen MR) is 124 cm³/mol. The van der Waals surface area contributed by atoms with Gasteiger partial charge in [-0.05, 0) is 46.5 Å². The smallest absolute Gasteiger partial charge is 0.335 e. The lowest BCUT2D eigenvalue weighted by molar-refractivity contribution is 0.0697. The second-order valence-corrected chi connectivity index (χ2v) is 7.45. The Labute approximate surface area is 186 Å². The fourth-order valence-corrected chi connectivity index (χ4v) is 3.78. The Balaban J connectivity index is 1.65.